The van der Waals surface area contributed by atoms with Crippen molar-refractivity contribution in [1.29, 1.82) is 0 Å². The minimum atomic E-state index is 0.113. The molecule has 5 rings (SSSR count). The summed E-state index contributed by atoms with van der Waals surface area (Å²) in [6.45, 7) is 4.43. The molecule has 164 valence electrons. The minimum Gasteiger partial charge on any atom is -0.507 e. The molecular weight excluding hydrogens is 396 g/mol. The zero-order valence-corrected chi connectivity index (χ0v) is 17.5. The molecule has 0 amide bonds. The quantitative estimate of drug-likeness (QED) is 0.329. The van der Waals surface area contributed by atoms with Gasteiger partial charge in [0.05, 0.1) is 47.9 Å². The molecule has 2 heterocycles. The van der Waals surface area contributed by atoms with Gasteiger partial charge in [0.25, 0.3) is 0 Å². The highest BCUT2D eigenvalue weighted by atomic mass is 16.5. The summed E-state index contributed by atoms with van der Waals surface area (Å²) in [6.07, 6.45) is 1.51. The van der Waals surface area contributed by atoms with Gasteiger partial charge in [0.1, 0.15) is 11.5 Å². The third kappa shape index (κ3) is 4.95. The molecule has 0 saturated heterocycles. The first kappa shape index (κ1) is 21.5. The van der Waals surface area contributed by atoms with Gasteiger partial charge >= 0.3 is 0 Å². The van der Waals surface area contributed by atoms with Crippen LogP contribution < -0.4 is 10.7 Å². The van der Waals surface area contributed by atoms with Crippen LogP contribution in [-0.4, -0.2) is 62.9 Å². The van der Waals surface area contributed by atoms with Crippen LogP contribution in [0.3, 0.4) is 0 Å². The van der Waals surface area contributed by atoms with Crippen LogP contribution in [-0.2, 0) is 14.2 Å². The Hall–Kier alpha value is -2.74. The molecule has 3 aromatic rings. The number of phenolic OH excluding ortho intramolecular Hbond substituents is 2. The number of ether oxygens (including phenoxy) is 3. The molecule has 31 heavy (non-hydrogen) atoms. The first-order valence-electron chi connectivity index (χ1n) is 10.7. The van der Waals surface area contributed by atoms with Crippen molar-refractivity contribution in [2.24, 2.45) is 9.98 Å². The predicted molar refractivity (Wildman–Crippen MR) is 119 cm³/mol. The van der Waals surface area contributed by atoms with Gasteiger partial charge in [0, 0.05) is 37.1 Å². The maximum atomic E-state index is 11.1. The third-order valence-corrected chi connectivity index (χ3v) is 5.27. The Morgan fingerprint density at radius 2 is 1.00 bits per heavy atom. The maximum absolute atomic E-state index is 11.1. The van der Waals surface area contributed by atoms with Crippen molar-refractivity contribution in [1.82, 2.24) is 0 Å². The summed E-state index contributed by atoms with van der Waals surface area (Å²) in [5.74, 6) is 0.226. The van der Waals surface area contributed by atoms with Gasteiger partial charge in [0.2, 0.25) is 0 Å². The Bertz CT molecular complexity index is 1070. The molecule has 2 N–H and O–H groups in total. The van der Waals surface area contributed by atoms with E-state index >= 15 is 0 Å². The van der Waals surface area contributed by atoms with Crippen molar-refractivity contribution < 1.29 is 24.4 Å². The van der Waals surface area contributed by atoms with E-state index in [1.54, 1.807) is 12.1 Å². The number of rotatable bonds is 0. The van der Waals surface area contributed by atoms with E-state index in [1.807, 2.05) is 24.3 Å². The lowest BCUT2D eigenvalue weighted by atomic mass is 9.99. The van der Waals surface area contributed by atoms with Crippen LogP contribution in [0.5, 0.6) is 11.5 Å². The number of phenols is 2. The highest BCUT2D eigenvalue weighted by molar-refractivity contribution is 6.10. The minimum absolute atomic E-state index is 0.113. The van der Waals surface area contributed by atoms with Gasteiger partial charge in [-0.05, 0) is 25.0 Å². The van der Waals surface area contributed by atoms with Crippen molar-refractivity contribution in [2.45, 2.75) is 12.8 Å². The van der Waals surface area contributed by atoms with Crippen molar-refractivity contribution in [2.75, 3.05) is 52.7 Å². The topological polar surface area (TPSA) is 92.9 Å². The number of hydrogen-bond donors (Lipinski definition) is 2. The van der Waals surface area contributed by atoms with Crippen LogP contribution in [0, 0.1) is 0 Å². The Balaban J connectivity index is 1.79. The first-order chi connectivity index (χ1) is 15.3. The normalized spacial score (nSPS) is 17.4. The number of hydrogen-bond acceptors (Lipinski definition) is 7. The SMILES string of the molecule is Oc1c2cccc3c2c(O)c2cccc(c12)=NCCCOCCOCCOCCCN=3. The van der Waals surface area contributed by atoms with Crippen LogP contribution in [0.25, 0.3) is 21.5 Å². The van der Waals surface area contributed by atoms with Crippen LogP contribution in [0.2, 0.25) is 0 Å². The van der Waals surface area contributed by atoms with Crippen LogP contribution in [0.4, 0.5) is 0 Å². The first-order valence-corrected chi connectivity index (χ1v) is 10.7. The van der Waals surface area contributed by atoms with Gasteiger partial charge in [0.15, 0.2) is 0 Å². The number of fused-ring (bicyclic) bond motifs is 14. The number of nitrogens with zero attached hydrogens (tertiary/aromatic N) is 2. The second-order valence-corrected chi connectivity index (χ2v) is 7.40. The molecule has 0 unspecified atom stereocenters. The molecule has 0 saturated carbocycles. The van der Waals surface area contributed by atoms with E-state index < -0.39 is 0 Å². The Kier molecular flexibility index (Phi) is 7.30. The molecule has 0 spiro atoms. The molecule has 6 bridgehead atoms. The average Bonchev–Trinajstić information content (AvgIpc) is 2.79. The lowest BCUT2D eigenvalue weighted by molar-refractivity contribution is 0.0143. The highest BCUT2D eigenvalue weighted by Crippen LogP contribution is 2.38. The van der Waals surface area contributed by atoms with Gasteiger partial charge < -0.3 is 24.4 Å². The zero-order chi connectivity index (χ0) is 21.5. The molecule has 2 aliphatic heterocycles. The van der Waals surface area contributed by atoms with Crippen molar-refractivity contribution in [3.8, 4) is 11.5 Å². The van der Waals surface area contributed by atoms with Crippen molar-refractivity contribution in [3.63, 3.8) is 0 Å². The fraction of sp³-hybridized carbons (Fsp3) is 0.417. The van der Waals surface area contributed by atoms with E-state index in [9.17, 15) is 10.2 Å². The summed E-state index contributed by atoms with van der Waals surface area (Å²) < 4.78 is 16.7. The number of aromatic hydroxyl groups is 2. The fourth-order valence-corrected chi connectivity index (χ4v) is 3.78. The average molecular weight is 424 g/mol. The molecule has 2 aliphatic rings. The van der Waals surface area contributed by atoms with E-state index in [2.05, 4.69) is 9.98 Å². The maximum Gasteiger partial charge on any atom is 0.133 e. The van der Waals surface area contributed by atoms with Crippen LogP contribution in [0.15, 0.2) is 46.4 Å². The van der Waals surface area contributed by atoms with Crippen molar-refractivity contribution >= 4 is 21.5 Å². The van der Waals surface area contributed by atoms with Gasteiger partial charge in [-0.1, -0.05) is 24.3 Å². The molecule has 7 nitrogen and oxygen atoms in total. The largest absolute Gasteiger partial charge is 0.507 e. The lowest BCUT2D eigenvalue weighted by Gasteiger charge is -2.10. The van der Waals surface area contributed by atoms with Gasteiger partial charge in [-0.25, -0.2) is 0 Å². The van der Waals surface area contributed by atoms with E-state index in [0.29, 0.717) is 85.0 Å². The molecule has 3 aromatic carbocycles. The molecule has 0 aromatic heterocycles. The van der Waals surface area contributed by atoms with Crippen LogP contribution in [0.1, 0.15) is 12.8 Å². The summed E-state index contributed by atoms with van der Waals surface area (Å²) in [6, 6.07) is 11.0. The van der Waals surface area contributed by atoms with E-state index in [4.69, 9.17) is 14.2 Å². The summed E-state index contributed by atoms with van der Waals surface area (Å²) in [7, 11) is 0. The summed E-state index contributed by atoms with van der Waals surface area (Å²) in [4.78, 5) is 9.30. The van der Waals surface area contributed by atoms with E-state index in [0.717, 1.165) is 12.8 Å². The molecule has 0 radical (unpaired) electrons. The molecule has 0 atom stereocenters. The third-order valence-electron chi connectivity index (χ3n) is 5.27. The van der Waals surface area contributed by atoms with Crippen LogP contribution >= 0.6 is 0 Å². The van der Waals surface area contributed by atoms with Gasteiger partial charge in [-0.2, -0.15) is 0 Å². The molecule has 0 aliphatic carbocycles. The van der Waals surface area contributed by atoms with Gasteiger partial charge in [-0.3, -0.25) is 9.98 Å². The van der Waals surface area contributed by atoms with E-state index in [1.165, 1.54) is 0 Å². The second kappa shape index (κ2) is 10.5. The summed E-state index contributed by atoms with van der Waals surface area (Å²) >= 11 is 0. The Morgan fingerprint density at radius 3 is 1.45 bits per heavy atom. The predicted octanol–water partition coefficient (Wildman–Crippen LogP) is 2.49. The fourth-order valence-electron chi connectivity index (χ4n) is 3.78. The van der Waals surface area contributed by atoms with Gasteiger partial charge in [-0.15, -0.1) is 0 Å². The zero-order valence-electron chi connectivity index (χ0n) is 17.5. The summed E-state index contributed by atoms with van der Waals surface area (Å²) in [5.41, 5.74) is 0. The van der Waals surface area contributed by atoms with E-state index in [-0.39, 0.29) is 11.5 Å². The summed E-state index contributed by atoms with van der Waals surface area (Å²) in [5, 5.41) is 25.7. The Morgan fingerprint density at radius 1 is 0.581 bits per heavy atom. The number of benzene rings is 3. The Labute approximate surface area is 180 Å². The standard InChI is InChI=1S/C24H28N2O5/c27-23-17-5-1-7-19-21(17)24(28)18-6-2-8-20(22(18)23)26-10-4-12-30-14-16-31-15-13-29-11-3-9-25-19/h1-2,5-8,27-28H,3-4,9-16H2. The van der Waals surface area contributed by atoms with Crippen molar-refractivity contribution in [3.05, 3.63) is 47.1 Å². The lowest BCUT2D eigenvalue weighted by Crippen LogP contribution is -2.11. The molecular formula is C24H28N2O5. The monoisotopic (exact) mass is 424 g/mol. The highest BCUT2D eigenvalue weighted by Gasteiger charge is 2.15. The second-order valence-electron chi connectivity index (χ2n) is 7.40. The molecule has 0 fully saturated rings. The molecule has 7 heteroatoms. The smallest absolute Gasteiger partial charge is 0.133 e.